The molecule has 1 saturated carbocycles. The van der Waals surface area contributed by atoms with E-state index >= 15 is 0 Å². The molecule has 1 aliphatic heterocycles. The van der Waals surface area contributed by atoms with Gasteiger partial charge in [0.05, 0.1) is 6.10 Å². The molecule has 0 bridgehead atoms. The Bertz CT molecular complexity index is 529. The van der Waals surface area contributed by atoms with Crippen LogP contribution in [0.3, 0.4) is 0 Å². The molecule has 126 valence electrons. The number of carbonyl (C=O) groups is 1. The summed E-state index contributed by atoms with van der Waals surface area (Å²) in [5, 5.41) is 6.58. The smallest absolute Gasteiger partial charge is 0.221 e. The van der Waals surface area contributed by atoms with Gasteiger partial charge < -0.3 is 15.4 Å². The summed E-state index contributed by atoms with van der Waals surface area (Å²) < 4.78 is 5.92. The molecule has 0 radical (unpaired) electrons. The molecule has 1 aromatic carbocycles. The molecule has 1 amide bonds. The average molecular weight is 316 g/mol. The summed E-state index contributed by atoms with van der Waals surface area (Å²) in [5.74, 6) is 0.723. The van der Waals surface area contributed by atoms with Crippen molar-refractivity contribution in [2.45, 2.75) is 51.8 Å². The molecule has 4 heteroatoms. The number of amides is 1. The van der Waals surface area contributed by atoms with Gasteiger partial charge in [-0.15, -0.1) is 0 Å². The summed E-state index contributed by atoms with van der Waals surface area (Å²) in [6.45, 7) is 6.78. The Kier molecular flexibility index (Phi) is 5.02. The molecule has 1 heterocycles. The van der Waals surface area contributed by atoms with E-state index in [0.29, 0.717) is 31.0 Å². The SMILES string of the molecule is CC1(C)C(NCCC(=O)NCc2ccccc2)C2CCCOC21. The van der Waals surface area contributed by atoms with Gasteiger partial charge in [-0.05, 0) is 18.4 Å². The van der Waals surface area contributed by atoms with E-state index in [1.165, 1.54) is 6.42 Å². The van der Waals surface area contributed by atoms with Gasteiger partial charge in [0.25, 0.3) is 0 Å². The minimum absolute atomic E-state index is 0.106. The zero-order valence-corrected chi connectivity index (χ0v) is 14.2. The van der Waals surface area contributed by atoms with Crippen molar-refractivity contribution in [3.63, 3.8) is 0 Å². The van der Waals surface area contributed by atoms with Crippen LogP contribution in [0.4, 0.5) is 0 Å². The second-order valence-corrected chi connectivity index (χ2v) is 7.36. The number of nitrogens with one attached hydrogen (secondary N) is 2. The van der Waals surface area contributed by atoms with Crippen molar-refractivity contribution in [2.75, 3.05) is 13.2 Å². The van der Waals surface area contributed by atoms with Crippen molar-refractivity contribution < 1.29 is 9.53 Å². The molecule has 0 aromatic heterocycles. The number of hydrogen-bond acceptors (Lipinski definition) is 3. The molecule has 4 nitrogen and oxygen atoms in total. The molecule has 1 aliphatic carbocycles. The highest BCUT2D eigenvalue weighted by atomic mass is 16.5. The van der Waals surface area contributed by atoms with Gasteiger partial charge in [-0.1, -0.05) is 44.2 Å². The van der Waals surface area contributed by atoms with E-state index in [9.17, 15) is 4.79 Å². The van der Waals surface area contributed by atoms with E-state index in [2.05, 4.69) is 24.5 Å². The largest absolute Gasteiger partial charge is 0.377 e. The second kappa shape index (κ2) is 7.02. The van der Waals surface area contributed by atoms with Gasteiger partial charge in [0.15, 0.2) is 0 Å². The van der Waals surface area contributed by atoms with Crippen LogP contribution in [0.5, 0.6) is 0 Å². The van der Waals surface area contributed by atoms with Crippen molar-refractivity contribution in [1.29, 1.82) is 0 Å². The number of ether oxygens (including phenoxy) is 1. The molecule has 2 aliphatic rings. The predicted molar refractivity (Wildman–Crippen MR) is 90.9 cm³/mol. The Labute approximate surface area is 139 Å². The Morgan fingerprint density at radius 2 is 2.09 bits per heavy atom. The lowest BCUT2D eigenvalue weighted by atomic mass is 9.55. The fourth-order valence-electron chi connectivity index (χ4n) is 4.16. The Morgan fingerprint density at radius 3 is 2.87 bits per heavy atom. The zero-order chi connectivity index (χ0) is 16.3. The highest BCUT2D eigenvalue weighted by molar-refractivity contribution is 5.76. The highest BCUT2D eigenvalue weighted by Gasteiger charge is 2.57. The molecule has 1 aromatic rings. The lowest BCUT2D eigenvalue weighted by Gasteiger charge is -2.60. The van der Waals surface area contributed by atoms with Crippen LogP contribution in [0.2, 0.25) is 0 Å². The maximum Gasteiger partial charge on any atom is 0.221 e. The van der Waals surface area contributed by atoms with Gasteiger partial charge >= 0.3 is 0 Å². The number of carbonyl (C=O) groups excluding carboxylic acids is 1. The first-order valence-electron chi connectivity index (χ1n) is 8.74. The quantitative estimate of drug-likeness (QED) is 0.848. The number of fused-ring (bicyclic) bond motifs is 1. The van der Waals surface area contributed by atoms with E-state index in [4.69, 9.17) is 4.74 Å². The van der Waals surface area contributed by atoms with Crippen molar-refractivity contribution in [2.24, 2.45) is 11.3 Å². The normalized spacial score (nSPS) is 28.5. The molecule has 1 saturated heterocycles. The summed E-state index contributed by atoms with van der Waals surface area (Å²) in [4.78, 5) is 12.0. The second-order valence-electron chi connectivity index (χ2n) is 7.36. The molecule has 2 fully saturated rings. The Hall–Kier alpha value is -1.39. The van der Waals surface area contributed by atoms with E-state index in [1.807, 2.05) is 30.3 Å². The summed E-state index contributed by atoms with van der Waals surface area (Å²) in [6.07, 6.45) is 3.32. The van der Waals surface area contributed by atoms with Crippen molar-refractivity contribution in [3.8, 4) is 0 Å². The van der Waals surface area contributed by atoms with Crippen LogP contribution < -0.4 is 10.6 Å². The third-order valence-electron chi connectivity index (χ3n) is 5.38. The monoisotopic (exact) mass is 316 g/mol. The fraction of sp³-hybridized carbons (Fsp3) is 0.632. The maximum absolute atomic E-state index is 12.0. The van der Waals surface area contributed by atoms with Crippen molar-refractivity contribution in [1.82, 2.24) is 10.6 Å². The van der Waals surface area contributed by atoms with Gasteiger partial charge in [0.1, 0.15) is 0 Å². The molecule has 2 N–H and O–H groups in total. The minimum Gasteiger partial charge on any atom is -0.377 e. The first-order valence-corrected chi connectivity index (χ1v) is 8.74. The third kappa shape index (κ3) is 3.59. The van der Waals surface area contributed by atoms with E-state index in [0.717, 1.165) is 25.1 Å². The average Bonchev–Trinajstić information content (AvgIpc) is 2.57. The van der Waals surface area contributed by atoms with Crippen LogP contribution in [0.25, 0.3) is 0 Å². The summed E-state index contributed by atoms with van der Waals surface area (Å²) in [7, 11) is 0. The van der Waals surface area contributed by atoms with Crippen LogP contribution in [0.15, 0.2) is 30.3 Å². The van der Waals surface area contributed by atoms with Crippen molar-refractivity contribution in [3.05, 3.63) is 35.9 Å². The summed E-state index contributed by atoms with van der Waals surface area (Å²) in [6, 6.07) is 10.5. The van der Waals surface area contributed by atoms with Gasteiger partial charge in [-0.25, -0.2) is 0 Å². The predicted octanol–water partition coefficient (Wildman–Crippen LogP) is 2.49. The molecular formula is C19H28N2O2. The number of hydrogen-bond donors (Lipinski definition) is 2. The third-order valence-corrected chi connectivity index (χ3v) is 5.38. The van der Waals surface area contributed by atoms with E-state index in [1.54, 1.807) is 0 Å². The van der Waals surface area contributed by atoms with Crippen molar-refractivity contribution >= 4 is 5.91 Å². The van der Waals surface area contributed by atoms with E-state index in [-0.39, 0.29) is 11.3 Å². The van der Waals surface area contributed by atoms with E-state index < -0.39 is 0 Å². The lowest BCUT2D eigenvalue weighted by Crippen LogP contribution is -2.69. The molecule has 0 spiro atoms. The molecule has 3 rings (SSSR count). The van der Waals surface area contributed by atoms with Crippen LogP contribution in [0, 0.1) is 11.3 Å². The highest BCUT2D eigenvalue weighted by Crippen LogP contribution is 2.51. The molecule has 3 atom stereocenters. The molecular weight excluding hydrogens is 288 g/mol. The summed E-state index contributed by atoms with van der Waals surface area (Å²) >= 11 is 0. The van der Waals surface area contributed by atoms with Crippen LogP contribution in [-0.4, -0.2) is 31.2 Å². The Morgan fingerprint density at radius 1 is 1.30 bits per heavy atom. The van der Waals surface area contributed by atoms with Crippen LogP contribution in [0.1, 0.15) is 38.7 Å². The minimum atomic E-state index is 0.106. The van der Waals surface area contributed by atoms with Crippen LogP contribution >= 0.6 is 0 Å². The zero-order valence-electron chi connectivity index (χ0n) is 14.2. The fourth-order valence-corrected chi connectivity index (χ4v) is 4.16. The first-order chi connectivity index (χ1) is 11.1. The standard InChI is InChI=1S/C19H28N2O2/c1-19(2)17(15-9-6-12-23-18(15)19)20-11-10-16(22)21-13-14-7-4-3-5-8-14/h3-5,7-8,15,17-18,20H,6,9-13H2,1-2H3,(H,21,22). The van der Waals surface area contributed by atoms with Gasteiger partial charge in [-0.2, -0.15) is 0 Å². The van der Waals surface area contributed by atoms with Gasteiger partial charge in [0, 0.05) is 43.5 Å². The van der Waals surface area contributed by atoms with Gasteiger partial charge in [-0.3, -0.25) is 4.79 Å². The molecule has 23 heavy (non-hydrogen) atoms. The topological polar surface area (TPSA) is 50.4 Å². The Balaban J connectivity index is 1.38. The maximum atomic E-state index is 12.0. The molecule has 3 unspecified atom stereocenters. The number of rotatable bonds is 6. The number of benzene rings is 1. The van der Waals surface area contributed by atoms with Gasteiger partial charge in [0.2, 0.25) is 5.91 Å². The lowest BCUT2D eigenvalue weighted by molar-refractivity contribution is -0.192. The summed E-state index contributed by atoms with van der Waals surface area (Å²) in [5.41, 5.74) is 1.31. The first kappa shape index (κ1) is 16.5. The van der Waals surface area contributed by atoms with Crippen LogP contribution in [-0.2, 0) is 16.1 Å².